The third-order valence-corrected chi connectivity index (χ3v) is 2.80. The molecule has 21 heavy (non-hydrogen) atoms. The summed E-state index contributed by atoms with van der Waals surface area (Å²) in [4.78, 5) is 22.4. The summed E-state index contributed by atoms with van der Waals surface area (Å²) in [6.45, 7) is 0.591. The molecule has 1 unspecified atom stereocenters. The van der Waals surface area contributed by atoms with E-state index >= 15 is 0 Å². The Morgan fingerprint density at radius 3 is 2.43 bits per heavy atom. The number of Topliss-reactive ketones (excluding diaryl/α,β-unsaturated/α-hetero) is 1. The third-order valence-electron chi connectivity index (χ3n) is 2.80. The lowest BCUT2D eigenvalue weighted by Crippen LogP contribution is -2.41. The molecular weight excluding hydrogens is 282 g/mol. The van der Waals surface area contributed by atoms with Gasteiger partial charge >= 0.3 is 6.55 Å². The Balaban J connectivity index is 4.04. The largest absolute Gasteiger partial charge is 0.369 e. The second-order valence-corrected chi connectivity index (χ2v) is 4.77. The predicted molar refractivity (Wildman–Crippen MR) is 75.8 cm³/mol. The molecule has 0 saturated heterocycles. The first-order valence-corrected chi connectivity index (χ1v) is 6.62. The summed E-state index contributed by atoms with van der Waals surface area (Å²) in [6.07, 6.45) is 3.82. The fraction of sp³-hybridized carbons (Fsp3) is 0.615. The lowest BCUT2D eigenvalue weighted by molar-refractivity contribution is -0.121. The topological polar surface area (TPSA) is 108 Å². The highest BCUT2D eigenvalue weighted by molar-refractivity contribution is 6.42. The molecule has 120 valence electrons. The van der Waals surface area contributed by atoms with Gasteiger partial charge in [0, 0.05) is 18.4 Å². The number of carbonyl (C=O) groups excluding carboxylic acids is 2. The normalized spacial score (nSPS) is 14.3. The lowest BCUT2D eigenvalue weighted by Gasteiger charge is -2.10. The molecule has 1 amide bonds. The second-order valence-electron chi connectivity index (χ2n) is 4.77. The number of primary amides is 1. The van der Waals surface area contributed by atoms with E-state index in [2.05, 4.69) is 5.43 Å². The van der Waals surface area contributed by atoms with E-state index in [9.17, 15) is 18.4 Å². The van der Waals surface area contributed by atoms with Gasteiger partial charge < -0.3 is 5.73 Å². The summed E-state index contributed by atoms with van der Waals surface area (Å²) >= 11 is 0. The van der Waals surface area contributed by atoms with Crippen molar-refractivity contribution in [2.45, 2.75) is 45.7 Å². The standard InChI is InChI=1S/C13H22F2N4O2/c1-8(12(17)21)4-3-5-11(20)10(16)7-6-9(2)18-19-13(14)15/h6-9,13,16,18-19H,3-5H2,1-2H3,(H2,17,21)/b7-6+,16-10?/t8?,9-/m0/s1. The van der Waals surface area contributed by atoms with Crippen LogP contribution in [0.3, 0.4) is 0 Å². The van der Waals surface area contributed by atoms with Crippen LogP contribution in [0.4, 0.5) is 8.78 Å². The van der Waals surface area contributed by atoms with Gasteiger partial charge in [-0.15, -0.1) is 0 Å². The van der Waals surface area contributed by atoms with Crippen LogP contribution in [0.1, 0.15) is 33.1 Å². The van der Waals surface area contributed by atoms with Gasteiger partial charge in [0.15, 0.2) is 5.78 Å². The summed E-state index contributed by atoms with van der Waals surface area (Å²) < 4.78 is 23.7. The van der Waals surface area contributed by atoms with Crippen molar-refractivity contribution in [3.8, 4) is 0 Å². The maximum Gasteiger partial charge on any atom is 0.304 e. The maximum absolute atomic E-state index is 11.9. The Morgan fingerprint density at radius 2 is 1.90 bits per heavy atom. The van der Waals surface area contributed by atoms with Crippen molar-refractivity contribution in [3.63, 3.8) is 0 Å². The predicted octanol–water partition coefficient (Wildman–Crippen LogP) is 1.13. The van der Waals surface area contributed by atoms with Crippen LogP contribution in [0.25, 0.3) is 0 Å². The minimum absolute atomic E-state index is 0.151. The number of nitrogens with one attached hydrogen (secondary N) is 3. The molecule has 0 aliphatic carbocycles. The van der Waals surface area contributed by atoms with E-state index in [1.807, 2.05) is 0 Å². The molecule has 0 aromatic rings. The van der Waals surface area contributed by atoms with Gasteiger partial charge in [0.1, 0.15) is 0 Å². The number of carbonyl (C=O) groups is 2. The number of allylic oxidation sites excluding steroid dienone is 1. The van der Waals surface area contributed by atoms with Crippen LogP contribution in [0, 0.1) is 11.3 Å². The lowest BCUT2D eigenvalue weighted by atomic mass is 10.0. The number of nitrogens with two attached hydrogens (primary N) is 1. The molecule has 0 bridgehead atoms. The monoisotopic (exact) mass is 304 g/mol. The number of ketones is 1. The van der Waals surface area contributed by atoms with Crippen LogP contribution < -0.4 is 16.6 Å². The van der Waals surface area contributed by atoms with E-state index in [4.69, 9.17) is 11.1 Å². The molecule has 0 aliphatic heterocycles. The molecule has 5 N–H and O–H groups in total. The summed E-state index contributed by atoms with van der Waals surface area (Å²) in [6, 6.07) is -0.456. The quantitative estimate of drug-likeness (QED) is 0.261. The molecule has 0 aliphatic rings. The van der Waals surface area contributed by atoms with Gasteiger partial charge in [0.2, 0.25) is 5.91 Å². The number of hydrogen-bond donors (Lipinski definition) is 4. The van der Waals surface area contributed by atoms with Gasteiger partial charge in [-0.1, -0.05) is 13.0 Å². The Hall–Kier alpha value is -1.67. The smallest absolute Gasteiger partial charge is 0.304 e. The molecule has 0 rings (SSSR count). The molecule has 0 spiro atoms. The first kappa shape index (κ1) is 19.3. The summed E-state index contributed by atoms with van der Waals surface area (Å²) in [5.74, 6) is -1.08. The van der Waals surface area contributed by atoms with E-state index in [0.717, 1.165) is 0 Å². The molecule has 8 heteroatoms. The molecule has 0 fully saturated rings. The molecule has 0 radical (unpaired) electrons. The second kappa shape index (κ2) is 10.1. The summed E-state index contributed by atoms with van der Waals surface area (Å²) in [5.41, 5.74) is 8.92. The number of halogens is 2. The van der Waals surface area contributed by atoms with E-state index in [0.29, 0.717) is 12.8 Å². The molecule has 2 atom stereocenters. The van der Waals surface area contributed by atoms with E-state index in [1.54, 1.807) is 19.3 Å². The SMILES string of the molecule is CC(CCCC(=O)C(=N)/C=C/[C@H](C)NNC(F)F)C(N)=O. The van der Waals surface area contributed by atoms with E-state index in [1.165, 1.54) is 12.2 Å². The van der Waals surface area contributed by atoms with Gasteiger partial charge in [-0.3, -0.25) is 15.0 Å². The number of rotatable bonds is 11. The number of hydrogen-bond acceptors (Lipinski definition) is 5. The van der Waals surface area contributed by atoms with Gasteiger partial charge in [-0.05, 0) is 25.8 Å². The Kier molecular flexibility index (Phi) is 9.31. The molecule has 6 nitrogen and oxygen atoms in total. The van der Waals surface area contributed by atoms with Crippen molar-refractivity contribution >= 4 is 17.4 Å². The van der Waals surface area contributed by atoms with Gasteiger partial charge in [0.05, 0.1) is 5.71 Å². The third kappa shape index (κ3) is 9.80. The van der Waals surface area contributed by atoms with Crippen molar-refractivity contribution in [3.05, 3.63) is 12.2 Å². The van der Waals surface area contributed by atoms with E-state index in [-0.39, 0.29) is 23.8 Å². The number of alkyl halides is 2. The van der Waals surface area contributed by atoms with Crippen molar-refractivity contribution in [2.24, 2.45) is 11.7 Å². The van der Waals surface area contributed by atoms with Crippen LogP contribution in [-0.4, -0.2) is 30.0 Å². The van der Waals surface area contributed by atoms with Crippen LogP contribution in [-0.2, 0) is 9.59 Å². The molecule has 0 aromatic heterocycles. The molecule has 0 saturated carbocycles. The molecular formula is C13H22F2N4O2. The van der Waals surface area contributed by atoms with Crippen molar-refractivity contribution in [1.82, 2.24) is 10.9 Å². The minimum Gasteiger partial charge on any atom is -0.369 e. The summed E-state index contributed by atoms with van der Waals surface area (Å²) in [5, 5.41) is 7.55. The van der Waals surface area contributed by atoms with Crippen LogP contribution in [0.15, 0.2) is 12.2 Å². The zero-order valence-electron chi connectivity index (χ0n) is 12.2. The summed E-state index contributed by atoms with van der Waals surface area (Å²) in [7, 11) is 0. The minimum atomic E-state index is -2.69. The van der Waals surface area contributed by atoms with Crippen LogP contribution in [0.2, 0.25) is 0 Å². The Bertz CT molecular complexity index is 400. The molecule has 0 heterocycles. The van der Waals surface area contributed by atoms with Crippen molar-refractivity contribution < 1.29 is 18.4 Å². The zero-order chi connectivity index (χ0) is 16.4. The molecule has 0 aromatic carbocycles. The highest BCUT2D eigenvalue weighted by atomic mass is 19.3. The first-order chi connectivity index (χ1) is 9.73. The van der Waals surface area contributed by atoms with Crippen LogP contribution in [0.5, 0.6) is 0 Å². The highest BCUT2D eigenvalue weighted by Gasteiger charge is 2.11. The van der Waals surface area contributed by atoms with Crippen molar-refractivity contribution in [1.29, 1.82) is 5.41 Å². The average molecular weight is 304 g/mol. The fourth-order valence-corrected chi connectivity index (χ4v) is 1.42. The van der Waals surface area contributed by atoms with Gasteiger partial charge in [-0.2, -0.15) is 14.2 Å². The average Bonchev–Trinajstić information content (AvgIpc) is 2.41. The Morgan fingerprint density at radius 1 is 1.29 bits per heavy atom. The highest BCUT2D eigenvalue weighted by Crippen LogP contribution is 2.07. The zero-order valence-corrected chi connectivity index (χ0v) is 12.2. The van der Waals surface area contributed by atoms with Gasteiger partial charge in [0.25, 0.3) is 0 Å². The maximum atomic E-state index is 11.9. The van der Waals surface area contributed by atoms with Gasteiger partial charge in [-0.25, -0.2) is 5.43 Å². The van der Waals surface area contributed by atoms with Crippen LogP contribution >= 0.6 is 0 Å². The Labute approximate surface area is 122 Å². The van der Waals surface area contributed by atoms with E-state index < -0.39 is 18.5 Å². The number of hydrazine groups is 1. The first-order valence-electron chi connectivity index (χ1n) is 6.62. The fourth-order valence-electron chi connectivity index (χ4n) is 1.42. The van der Waals surface area contributed by atoms with Crippen molar-refractivity contribution in [2.75, 3.05) is 0 Å². The number of amides is 1.